The van der Waals surface area contributed by atoms with Crippen molar-refractivity contribution >= 4 is 28.8 Å². The predicted molar refractivity (Wildman–Crippen MR) is 135 cm³/mol. The molecule has 0 bridgehead atoms. The summed E-state index contributed by atoms with van der Waals surface area (Å²) in [6.07, 6.45) is -3.29. The first-order valence-corrected chi connectivity index (χ1v) is 11.9. The Kier molecular flexibility index (Phi) is 8.03. The molecule has 0 aliphatic rings. The summed E-state index contributed by atoms with van der Waals surface area (Å²) >= 11 is 0. The fourth-order valence-corrected chi connectivity index (χ4v) is 3.70. The van der Waals surface area contributed by atoms with Gasteiger partial charge in [-0.1, -0.05) is 0 Å². The molecule has 7 nitrogen and oxygen atoms in total. The number of halogens is 6. The number of hydrogen-bond donors (Lipinski definition) is 2. The highest BCUT2D eigenvalue weighted by atomic mass is 19.4. The van der Waals surface area contributed by atoms with Gasteiger partial charge < -0.3 is 10.6 Å². The van der Waals surface area contributed by atoms with Gasteiger partial charge >= 0.3 is 12.4 Å². The van der Waals surface area contributed by atoms with E-state index in [4.69, 9.17) is 0 Å². The number of carbonyl (C=O) groups is 1. The Labute approximate surface area is 224 Å². The Morgan fingerprint density at radius 3 is 1.23 bits per heavy atom. The van der Waals surface area contributed by atoms with Crippen molar-refractivity contribution in [3.63, 3.8) is 0 Å². The molecule has 0 spiro atoms. The zero-order valence-corrected chi connectivity index (χ0v) is 21.0. The highest BCUT2D eigenvalue weighted by Crippen LogP contribution is 2.31. The van der Waals surface area contributed by atoms with Crippen LogP contribution in [-0.2, 0) is 17.1 Å². The van der Waals surface area contributed by atoms with Gasteiger partial charge in [-0.2, -0.15) is 26.3 Å². The van der Waals surface area contributed by atoms with Crippen molar-refractivity contribution < 1.29 is 31.1 Å². The van der Waals surface area contributed by atoms with Crippen LogP contribution < -0.4 is 10.6 Å². The number of alkyl halides is 6. The minimum absolute atomic E-state index is 0.199. The van der Waals surface area contributed by atoms with Crippen LogP contribution in [0.1, 0.15) is 48.2 Å². The highest BCUT2D eigenvalue weighted by molar-refractivity contribution is 5.90. The summed E-state index contributed by atoms with van der Waals surface area (Å²) in [5, 5.41) is 5.72. The van der Waals surface area contributed by atoms with Crippen molar-refractivity contribution in [1.82, 2.24) is 19.9 Å². The zero-order valence-electron chi connectivity index (χ0n) is 21.0. The number of carbonyl (C=O) groups excluding carboxylic acids is 1. The maximum absolute atomic E-state index is 13.1. The average molecular weight is 561 g/mol. The molecule has 2 atom stereocenters. The van der Waals surface area contributed by atoms with Crippen molar-refractivity contribution in [3.05, 3.63) is 95.8 Å². The maximum atomic E-state index is 13.1. The van der Waals surface area contributed by atoms with Crippen LogP contribution in [-0.4, -0.2) is 25.7 Å². The molecule has 2 aromatic heterocycles. The number of nitrogens with one attached hydrogen (secondary N) is 2. The molecule has 13 heteroatoms. The topological polar surface area (TPSA) is 92.7 Å². The number of hydrogen-bond acceptors (Lipinski definition) is 7. The van der Waals surface area contributed by atoms with Crippen molar-refractivity contribution in [2.75, 3.05) is 10.6 Å². The molecule has 0 saturated carbocycles. The number of aromatic nitrogens is 4. The van der Waals surface area contributed by atoms with Crippen molar-refractivity contribution in [2.45, 2.75) is 38.0 Å². The normalized spacial score (nSPS) is 13.4. The first kappa shape index (κ1) is 28.5. The third kappa shape index (κ3) is 6.90. The van der Waals surface area contributed by atoms with Crippen LogP contribution in [0.4, 0.5) is 49.4 Å². The standard InChI is InChI=1S/C27H22F6N6O/c1-15(21-11-36-23(13-34-21)38-19-7-3-17(4-8-19)26(28,29)30)25(40)16(2)22-12-37-24(14-35-22)39-20-9-5-18(6-10-20)27(31,32)33/h3-16H,1-2H3,(H,36,38)(H,37,39). The fourth-order valence-electron chi connectivity index (χ4n) is 3.70. The third-order valence-corrected chi connectivity index (χ3v) is 6.05. The molecule has 0 aliphatic heterocycles. The third-order valence-electron chi connectivity index (χ3n) is 6.05. The van der Waals surface area contributed by atoms with E-state index >= 15 is 0 Å². The monoisotopic (exact) mass is 560 g/mol. The summed E-state index contributed by atoms with van der Waals surface area (Å²) in [5.41, 5.74) is 0.0309. The number of ketones is 1. The van der Waals surface area contributed by atoms with Crippen LogP contribution in [0.2, 0.25) is 0 Å². The Balaban J connectivity index is 1.36. The summed E-state index contributed by atoms with van der Waals surface area (Å²) in [4.78, 5) is 30.0. The Hall–Kier alpha value is -4.55. The average Bonchev–Trinajstić information content (AvgIpc) is 2.92. The van der Waals surface area contributed by atoms with Gasteiger partial charge in [-0.05, 0) is 62.4 Å². The van der Waals surface area contributed by atoms with Crippen molar-refractivity contribution in [2.24, 2.45) is 0 Å². The molecular weight excluding hydrogens is 538 g/mol. The summed E-state index contributed by atoms with van der Waals surface area (Å²) in [5.74, 6) is -0.907. The lowest BCUT2D eigenvalue weighted by Gasteiger charge is -2.16. The number of anilines is 4. The summed E-state index contributed by atoms with van der Waals surface area (Å²) in [6, 6.07) is 8.91. The highest BCUT2D eigenvalue weighted by Gasteiger charge is 2.31. The summed E-state index contributed by atoms with van der Waals surface area (Å²) in [7, 11) is 0. The van der Waals surface area contributed by atoms with E-state index in [0.29, 0.717) is 34.4 Å². The van der Waals surface area contributed by atoms with E-state index in [2.05, 4.69) is 30.6 Å². The lowest BCUT2D eigenvalue weighted by atomic mass is 9.91. The van der Waals surface area contributed by atoms with Gasteiger partial charge in [-0.15, -0.1) is 0 Å². The van der Waals surface area contributed by atoms with E-state index in [1.54, 1.807) is 13.8 Å². The lowest BCUT2D eigenvalue weighted by Crippen LogP contribution is -2.19. The van der Waals surface area contributed by atoms with E-state index in [9.17, 15) is 31.1 Å². The molecule has 40 heavy (non-hydrogen) atoms. The van der Waals surface area contributed by atoms with E-state index in [1.165, 1.54) is 49.1 Å². The van der Waals surface area contributed by atoms with Crippen LogP contribution in [0.15, 0.2) is 73.3 Å². The summed E-state index contributed by atoms with van der Waals surface area (Å²) in [6.45, 7) is 3.33. The smallest absolute Gasteiger partial charge is 0.339 e. The molecule has 4 aromatic rings. The van der Waals surface area contributed by atoms with Crippen molar-refractivity contribution in [3.8, 4) is 0 Å². The number of nitrogens with zero attached hydrogens (tertiary/aromatic N) is 4. The van der Waals surface area contributed by atoms with E-state index in [1.807, 2.05) is 0 Å². The van der Waals surface area contributed by atoms with Crippen LogP contribution in [0.25, 0.3) is 0 Å². The second kappa shape index (κ2) is 11.3. The van der Waals surface area contributed by atoms with Crippen LogP contribution >= 0.6 is 0 Å². The molecule has 0 saturated heterocycles. The molecule has 2 aromatic carbocycles. The molecule has 2 N–H and O–H groups in total. The molecule has 2 unspecified atom stereocenters. The minimum atomic E-state index is -4.43. The van der Waals surface area contributed by atoms with Gasteiger partial charge in [0.15, 0.2) is 0 Å². The SMILES string of the molecule is CC(C(=O)C(C)c1cnc(Nc2ccc(C(F)(F)F)cc2)cn1)c1cnc(Nc2ccc(C(F)(F)F)cc2)cn1. The van der Waals surface area contributed by atoms with Gasteiger partial charge in [-0.25, -0.2) is 9.97 Å². The Bertz CT molecular complexity index is 1330. The molecular formula is C27H22F6N6O. The number of Topliss-reactive ketones (excluding diaryl/α,β-unsaturated/α-hetero) is 1. The van der Waals surface area contributed by atoms with Gasteiger partial charge in [0.1, 0.15) is 17.4 Å². The van der Waals surface area contributed by atoms with Gasteiger partial charge in [0, 0.05) is 11.4 Å². The number of rotatable bonds is 8. The predicted octanol–water partition coefficient (Wildman–Crippen LogP) is 7.27. The first-order valence-electron chi connectivity index (χ1n) is 11.9. The summed E-state index contributed by atoms with van der Waals surface area (Å²) < 4.78 is 76.4. The van der Waals surface area contributed by atoms with E-state index in [0.717, 1.165) is 24.3 Å². The second-order valence-electron chi connectivity index (χ2n) is 8.90. The minimum Gasteiger partial charge on any atom is -0.339 e. The van der Waals surface area contributed by atoms with Gasteiger partial charge in [0.2, 0.25) is 0 Å². The molecule has 4 rings (SSSR count). The molecule has 0 fully saturated rings. The lowest BCUT2D eigenvalue weighted by molar-refractivity contribution is -0.138. The van der Waals surface area contributed by atoms with E-state index < -0.39 is 35.3 Å². The van der Waals surface area contributed by atoms with Crippen LogP contribution in [0.3, 0.4) is 0 Å². The fraction of sp³-hybridized carbons (Fsp3) is 0.222. The largest absolute Gasteiger partial charge is 0.416 e. The molecule has 0 aliphatic carbocycles. The second-order valence-corrected chi connectivity index (χ2v) is 8.90. The molecule has 0 radical (unpaired) electrons. The Morgan fingerprint density at radius 1 is 0.600 bits per heavy atom. The van der Waals surface area contributed by atoms with Gasteiger partial charge in [-0.3, -0.25) is 14.8 Å². The quantitative estimate of drug-likeness (QED) is 0.219. The molecule has 2 heterocycles. The molecule has 208 valence electrons. The number of benzene rings is 2. The van der Waals surface area contributed by atoms with E-state index in [-0.39, 0.29) is 5.78 Å². The molecule has 0 amide bonds. The van der Waals surface area contributed by atoms with Crippen LogP contribution in [0, 0.1) is 0 Å². The zero-order chi connectivity index (χ0) is 29.1. The van der Waals surface area contributed by atoms with Crippen LogP contribution in [0.5, 0.6) is 0 Å². The Morgan fingerprint density at radius 2 is 0.950 bits per heavy atom. The van der Waals surface area contributed by atoms with Crippen molar-refractivity contribution in [1.29, 1.82) is 0 Å². The van der Waals surface area contributed by atoms with Gasteiger partial charge in [0.25, 0.3) is 0 Å². The first-order chi connectivity index (χ1) is 18.8. The van der Waals surface area contributed by atoms with Gasteiger partial charge in [0.05, 0.1) is 59.1 Å². The maximum Gasteiger partial charge on any atom is 0.416 e.